The lowest BCUT2D eigenvalue weighted by molar-refractivity contribution is -0.0809. The third kappa shape index (κ3) is 11.5. The molecule has 340 valence electrons. The normalized spacial score (nSPS) is 17.0. The summed E-state index contributed by atoms with van der Waals surface area (Å²) in [7, 11) is 0. The van der Waals surface area contributed by atoms with Gasteiger partial charge in [0.1, 0.15) is 34.5 Å². The van der Waals surface area contributed by atoms with Gasteiger partial charge in [-0.05, 0) is 154 Å². The van der Waals surface area contributed by atoms with Gasteiger partial charge < -0.3 is 19.7 Å². The number of halogens is 5. The van der Waals surface area contributed by atoms with E-state index in [4.69, 9.17) is 21.1 Å². The Balaban J connectivity index is 0.000000147. The van der Waals surface area contributed by atoms with E-state index in [0.29, 0.717) is 12.5 Å². The Bertz CT molecular complexity index is 2310. The number of hydrogen-bond acceptors (Lipinski definition) is 6. The van der Waals surface area contributed by atoms with Crippen molar-refractivity contribution in [2.75, 3.05) is 38.6 Å². The first kappa shape index (κ1) is 46.6. The van der Waals surface area contributed by atoms with Crippen LogP contribution in [0.1, 0.15) is 108 Å². The van der Waals surface area contributed by atoms with E-state index in [0.717, 1.165) is 119 Å². The van der Waals surface area contributed by atoms with E-state index in [1.165, 1.54) is 65.4 Å². The molecular weight excluding hydrogens is 848 g/mol. The van der Waals surface area contributed by atoms with Gasteiger partial charge in [-0.2, -0.15) is 0 Å². The van der Waals surface area contributed by atoms with Crippen molar-refractivity contribution in [3.8, 4) is 0 Å². The van der Waals surface area contributed by atoms with Crippen LogP contribution in [0.15, 0.2) is 134 Å². The zero-order valence-corrected chi connectivity index (χ0v) is 37.5. The molecule has 6 aromatic rings. The fraction of sp³-hybridized carbons (Fsp3) is 0.370. The second-order valence-electron chi connectivity index (χ2n) is 17.5. The zero-order valence-electron chi connectivity index (χ0n) is 36.7. The van der Waals surface area contributed by atoms with Crippen molar-refractivity contribution in [2.45, 2.75) is 87.6 Å². The minimum Gasteiger partial charge on any atom is -0.364 e. The SMILES string of the molecule is Fc1ccc(C(CCCCl)c2ccc(F)cc2)cc1.Fc1ccc(C(CCCN2CCC3(CC2)OCc2cccnc23)c2ccc(F)cc2)cc1.c1cnc2c(c1)COC21CCNCC1. The highest BCUT2D eigenvalue weighted by Crippen LogP contribution is 2.43. The largest absolute Gasteiger partial charge is 0.364 e. The van der Waals surface area contributed by atoms with Crippen molar-refractivity contribution < 1.29 is 27.0 Å². The van der Waals surface area contributed by atoms with Gasteiger partial charge in [-0.3, -0.25) is 9.97 Å². The monoisotopic (exact) mass is 904 g/mol. The molecule has 2 saturated heterocycles. The van der Waals surface area contributed by atoms with Gasteiger partial charge in [0.05, 0.1) is 24.6 Å². The van der Waals surface area contributed by atoms with Crippen LogP contribution in [0.3, 0.4) is 0 Å². The van der Waals surface area contributed by atoms with Gasteiger partial charge in [-0.1, -0.05) is 60.7 Å². The number of rotatable bonds is 11. The Kier molecular flexibility index (Phi) is 15.8. The first-order valence-corrected chi connectivity index (χ1v) is 23.5. The van der Waals surface area contributed by atoms with Gasteiger partial charge in [0.25, 0.3) is 0 Å². The Morgan fingerprint density at radius 2 is 0.923 bits per heavy atom. The van der Waals surface area contributed by atoms with E-state index in [1.807, 2.05) is 48.8 Å². The number of nitrogens with zero attached hydrogens (tertiary/aromatic N) is 3. The lowest BCUT2D eigenvalue weighted by atomic mass is 9.86. The summed E-state index contributed by atoms with van der Waals surface area (Å²) in [5.41, 5.74) is 8.72. The first-order valence-electron chi connectivity index (χ1n) is 22.9. The number of aromatic nitrogens is 2. The summed E-state index contributed by atoms with van der Waals surface area (Å²) in [6.45, 7) is 6.47. The van der Waals surface area contributed by atoms with Gasteiger partial charge in [0.2, 0.25) is 0 Å². The molecule has 1 N–H and O–H groups in total. The van der Waals surface area contributed by atoms with E-state index in [2.05, 4.69) is 32.3 Å². The predicted molar refractivity (Wildman–Crippen MR) is 248 cm³/mol. The summed E-state index contributed by atoms with van der Waals surface area (Å²) in [4.78, 5) is 11.6. The highest BCUT2D eigenvalue weighted by atomic mass is 35.5. The average Bonchev–Trinajstić information content (AvgIpc) is 3.88. The molecule has 0 radical (unpaired) electrons. The summed E-state index contributed by atoms with van der Waals surface area (Å²) in [6.07, 6.45) is 11.5. The minimum absolute atomic E-state index is 0.0676. The van der Waals surface area contributed by atoms with Crippen LogP contribution in [0.25, 0.3) is 0 Å². The van der Waals surface area contributed by atoms with Crippen molar-refractivity contribution in [3.05, 3.63) is 202 Å². The van der Waals surface area contributed by atoms with E-state index in [-0.39, 0.29) is 46.3 Å². The molecule has 0 amide bonds. The van der Waals surface area contributed by atoms with Crippen LogP contribution in [-0.4, -0.2) is 53.5 Å². The summed E-state index contributed by atoms with van der Waals surface area (Å²) in [5.74, 6) is -0.142. The molecule has 0 unspecified atom stereocenters. The lowest BCUT2D eigenvalue weighted by Gasteiger charge is -2.38. The highest BCUT2D eigenvalue weighted by Gasteiger charge is 2.44. The number of nitrogens with one attached hydrogen (secondary N) is 1. The molecule has 0 bridgehead atoms. The third-order valence-corrected chi connectivity index (χ3v) is 13.7. The number of ether oxygens (including phenoxy) is 2. The number of pyridine rings is 2. The van der Waals surface area contributed by atoms with Crippen LogP contribution in [0.4, 0.5) is 17.6 Å². The molecule has 2 aromatic heterocycles. The molecule has 2 fully saturated rings. The standard InChI is InChI=1S/C27H28F2N2O.C16H15ClF2.C11H14N2O/c28-23-9-5-20(6-10-23)25(21-7-11-24(29)12-8-21)4-2-16-31-17-13-27(14-18-31)26-22(19-32-27)3-1-15-30-26;17-11-1-2-16(12-3-7-14(18)8-4-12)13-5-9-15(19)10-6-13;1-2-9-8-14-11(10(9)13-5-1)3-6-12-7-4-11/h1,3,5-12,15,25H,2,4,13-14,16-19H2;3-10,16H,1-2,11H2;1-2,5,12H,3-4,6-8H2. The molecule has 4 aromatic carbocycles. The Hall–Kier alpha value is -4.97. The van der Waals surface area contributed by atoms with Gasteiger partial charge in [-0.15, -0.1) is 11.6 Å². The summed E-state index contributed by atoms with van der Waals surface area (Å²) in [5, 5.41) is 3.36. The van der Waals surface area contributed by atoms with Crippen molar-refractivity contribution in [1.29, 1.82) is 0 Å². The Morgan fingerprint density at radius 3 is 1.32 bits per heavy atom. The molecule has 4 aliphatic heterocycles. The van der Waals surface area contributed by atoms with Crippen LogP contribution in [0.5, 0.6) is 0 Å². The second kappa shape index (κ2) is 22.0. The summed E-state index contributed by atoms with van der Waals surface area (Å²) >= 11 is 5.75. The average molecular weight is 906 g/mol. The first-order chi connectivity index (χ1) is 31.7. The van der Waals surface area contributed by atoms with Crippen molar-refractivity contribution in [3.63, 3.8) is 0 Å². The van der Waals surface area contributed by atoms with E-state index in [9.17, 15) is 17.6 Å². The third-order valence-electron chi connectivity index (χ3n) is 13.4. The van der Waals surface area contributed by atoms with E-state index < -0.39 is 0 Å². The van der Waals surface area contributed by atoms with Gasteiger partial charge in [-0.25, -0.2) is 17.6 Å². The van der Waals surface area contributed by atoms with E-state index >= 15 is 0 Å². The summed E-state index contributed by atoms with van der Waals surface area (Å²) < 4.78 is 65.0. The second-order valence-corrected chi connectivity index (χ2v) is 17.8. The Labute approximate surface area is 385 Å². The van der Waals surface area contributed by atoms with Gasteiger partial charge in [0, 0.05) is 54.3 Å². The van der Waals surface area contributed by atoms with Crippen LogP contribution >= 0.6 is 11.6 Å². The van der Waals surface area contributed by atoms with Gasteiger partial charge in [0.15, 0.2) is 0 Å². The molecular formula is C54H57ClF4N4O2. The summed E-state index contributed by atoms with van der Waals surface area (Å²) in [6, 6.07) is 34.5. The number of fused-ring (bicyclic) bond motifs is 4. The highest BCUT2D eigenvalue weighted by molar-refractivity contribution is 6.17. The van der Waals surface area contributed by atoms with Crippen LogP contribution in [0.2, 0.25) is 0 Å². The quantitative estimate of drug-likeness (QED) is 0.103. The fourth-order valence-corrected chi connectivity index (χ4v) is 10.0. The van der Waals surface area contributed by atoms with Crippen molar-refractivity contribution in [2.24, 2.45) is 0 Å². The maximum absolute atomic E-state index is 13.4. The number of likely N-dealkylation sites (tertiary alicyclic amines) is 1. The maximum atomic E-state index is 13.4. The number of alkyl halides is 1. The van der Waals surface area contributed by atoms with Crippen LogP contribution < -0.4 is 5.32 Å². The fourth-order valence-electron chi connectivity index (χ4n) is 9.86. The molecule has 4 aliphatic rings. The maximum Gasteiger partial charge on any atom is 0.123 e. The predicted octanol–water partition coefficient (Wildman–Crippen LogP) is 12.1. The van der Waals surface area contributed by atoms with E-state index in [1.54, 1.807) is 24.3 Å². The molecule has 0 atom stereocenters. The number of piperidine rings is 2. The molecule has 65 heavy (non-hydrogen) atoms. The molecule has 6 nitrogen and oxygen atoms in total. The number of benzene rings is 4. The molecule has 0 aliphatic carbocycles. The molecule has 6 heterocycles. The molecule has 0 saturated carbocycles. The molecule has 10 rings (SSSR count). The topological polar surface area (TPSA) is 59.5 Å². The van der Waals surface area contributed by atoms with Gasteiger partial charge >= 0.3 is 0 Å². The minimum atomic E-state index is -0.251. The molecule has 2 spiro atoms. The number of hydrogen-bond donors (Lipinski definition) is 1. The lowest BCUT2D eigenvalue weighted by Crippen LogP contribution is -2.43. The van der Waals surface area contributed by atoms with Crippen LogP contribution in [-0.2, 0) is 33.9 Å². The smallest absolute Gasteiger partial charge is 0.123 e. The van der Waals surface area contributed by atoms with Crippen LogP contribution in [0, 0.1) is 23.3 Å². The van der Waals surface area contributed by atoms with Crippen molar-refractivity contribution in [1.82, 2.24) is 20.2 Å². The van der Waals surface area contributed by atoms with Crippen molar-refractivity contribution >= 4 is 11.6 Å². The zero-order chi connectivity index (χ0) is 45.1. The Morgan fingerprint density at radius 1 is 0.538 bits per heavy atom. The molecule has 11 heteroatoms.